The Labute approximate surface area is 151 Å². The maximum absolute atomic E-state index is 12.4. The minimum absolute atomic E-state index is 0. The first-order chi connectivity index (χ1) is 11.2. The maximum atomic E-state index is 12.4. The van der Waals surface area contributed by atoms with Gasteiger partial charge in [-0.05, 0) is 49.4 Å². The monoisotopic (exact) mass is 370 g/mol. The van der Waals surface area contributed by atoms with Crippen LogP contribution in [0.25, 0.3) is 11.4 Å². The molecule has 1 aromatic carbocycles. The number of piperidine rings is 1. The number of hydrogen-bond donors (Lipinski definition) is 1. The first-order valence-electron chi connectivity index (χ1n) is 7.64. The molecule has 1 aliphatic heterocycles. The molecule has 3 rings (SSSR count). The highest BCUT2D eigenvalue weighted by Crippen LogP contribution is 2.17. The van der Waals surface area contributed by atoms with E-state index in [0.29, 0.717) is 16.9 Å². The van der Waals surface area contributed by atoms with E-state index in [9.17, 15) is 4.79 Å². The van der Waals surface area contributed by atoms with Gasteiger partial charge in [0.05, 0.1) is 0 Å². The third-order valence-electron chi connectivity index (χ3n) is 4.01. The van der Waals surface area contributed by atoms with Gasteiger partial charge in [-0.25, -0.2) is 0 Å². The summed E-state index contributed by atoms with van der Waals surface area (Å²) in [5, 5.41) is 16.1. The molecule has 2 heterocycles. The number of carbonyl (C=O) groups excluding carboxylic acids is 1. The van der Waals surface area contributed by atoms with Gasteiger partial charge in [-0.1, -0.05) is 11.6 Å². The van der Waals surface area contributed by atoms with Crippen LogP contribution in [0.15, 0.2) is 24.3 Å². The summed E-state index contributed by atoms with van der Waals surface area (Å²) < 4.78 is 0. The fraction of sp³-hybridized carbons (Fsp3) is 0.467. The van der Waals surface area contributed by atoms with Gasteiger partial charge in [-0.2, -0.15) is 4.80 Å². The van der Waals surface area contributed by atoms with Crippen molar-refractivity contribution < 1.29 is 4.79 Å². The second-order valence-corrected chi connectivity index (χ2v) is 6.05. The van der Waals surface area contributed by atoms with Gasteiger partial charge in [0.1, 0.15) is 6.54 Å². The zero-order chi connectivity index (χ0) is 16.2. The molecule has 1 amide bonds. The van der Waals surface area contributed by atoms with Crippen LogP contribution in [0.2, 0.25) is 5.02 Å². The van der Waals surface area contributed by atoms with Crippen LogP contribution in [0.4, 0.5) is 0 Å². The molecule has 1 atom stereocenters. The summed E-state index contributed by atoms with van der Waals surface area (Å²) in [4.78, 5) is 15.6. The summed E-state index contributed by atoms with van der Waals surface area (Å²) in [6.45, 7) is 1.63. The highest BCUT2D eigenvalue weighted by atomic mass is 35.5. The van der Waals surface area contributed by atoms with Gasteiger partial charge < -0.3 is 10.2 Å². The SMILES string of the molecule is CNC1CCCN(C(=O)Cn2nnc(-c3ccc(Cl)cc3)n2)C1.Cl. The normalized spacial score (nSPS) is 17.4. The zero-order valence-electron chi connectivity index (χ0n) is 13.4. The third-order valence-corrected chi connectivity index (χ3v) is 4.27. The van der Waals surface area contributed by atoms with Gasteiger partial charge in [-0.15, -0.1) is 22.6 Å². The Hall–Kier alpha value is -1.70. The second kappa shape index (κ2) is 8.41. The van der Waals surface area contributed by atoms with E-state index in [1.54, 1.807) is 12.1 Å². The van der Waals surface area contributed by atoms with Crippen molar-refractivity contribution in [3.63, 3.8) is 0 Å². The number of benzene rings is 1. The van der Waals surface area contributed by atoms with Crippen LogP contribution in [0.1, 0.15) is 12.8 Å². The fourth-order valence-electron chi connectivity index (χ4n) is 2.69. The van der Waals surface area contributed by atoms with E-state index < -0.39 is 0 Å². The van der Waals surface area contributed by atoms with Crippen LogP contribution >= 0.6 is 24.0 Å². The van der Waals surface area contributed by atoms with Gasteiger partial charge in [0, 0.05) is 29.7 Å². The Balaban J connectivity index is 0.00000208. The van der Waals surface area contributed by atoms with Crippen molar-refractivity contribution in [3.8, 4) is 11.4 Å². The molecular formula is C15H20Cl2N6O. The molecule has 0 saturated carbocycles. The Morgan fingerprint density at radius 3 is 2.83 bits per heavy atom. The quantitative estimate of drug-likeness (QED) is 0.884. The number of nitrogens with zero attached hydrogens (tertiary/aromatic N) is 5. The Kier molecular flexibility index (Phi) is 6.53. The lowest BCUT2D eigenvalue weighted by molar-refractivity contribution is -0.133. The average molecular weight is 371 g/mol. The Bertz CT molecular complexity index is 675. The molecule has 0 bridgehead atoms. The summed E-state index contributed by atoms with van der Waals surface area (Å²) in [6, 6.07) is 7.56. The van der Waals surface area contributed by atoms with Crippen molar-refractivity contribution in [3.05, 3.63) is 29.3 Å². The van der Waals surface area contributed by atoms with Crippen molar-refractivity contribution in [2.75, 3.05) is 20.1 Å². The molecule has 0 radical (unpaired) electrons. The molecule has 1 unspecified atom stereocenters. The number of aromatic nitrogens is 4. The lowest BCUT2D eigenvalue weighted by atomic mass is 10.1. The molecule has 24 heavy (non-hydrogen) atoms. The van der Waals surface area contributed by atoms with E-state index in [0.717, 1.165) is 31.5 Å². The summed E-state index contributed by atoms with van der Waals surface area (Å²) in [5.74, 6) is 0.506. The second-order valence-electron chi connectivity index (χ2n) is 5.62. The topological polar surface area (TPSA) is 75.9 Å². The number of amides is 1. The molecule has 7 nitrogen and oxygen atoms in total. The molecule has 1 aromatic heterocycles. The largest absolute Gasteiger partial charge is 0.339 e. The third kappa shape index (κ3) is 4.43. The van der Waals surface area contributed by atoms with E-state index in [1.807, 2.05) is 24.1 Å². The lowest BCUT2D eigenvalue weighted by Crippen LogP contribution is -2.48. The Morgan fingerprint density at radius 2 is 2.12 bits per heavy atom. The van der Waals surface area contributed by atoms with Crippen molar-refractivity contribution in [1.82, 2.24) is 30.4 Å². The highest BCUT2D eigenvalue weighted by molar-refractivity contribution is 6.30. The van der Waals surface area contributed by atoms with E-state index in [-0.39, 0.29) is 24.9 Å². The molecule has 1 aliphatic rings. The number of rotatable bonds is 4. The van der Waals surface area contributed by atoms with Gasteiger partial charge >= 0.3 is 0 Å². The number of carbonyl (C=O) groups is 1. The summed E-state index contributed by atoms with van der Waals surface area (Å²) in [5.41, 5.74) is 0.821. The van der Waals surface area contributed by atoms with Crippen molar-refractivity contribution in [2.24, 2.45) is 0 Å². The summed E-state index contributed by atoms with van der Waals surface area (Å²) in [6.07, 6.45) is 2.11. The van der Waals surface area contributed by atoms with Gasteiger partial charge in [0.15, 0.2) is 0 Å². The van der Waals surface area contributed by atoms with Crippen LogP contribution in [0, 0.1) is 0 Å². The number of likely N-dealkylation sites (N-methyl/N-ethyl adjacent to an activating group) is 1. The van der Waals surface area contributed by atoms with Crippen molar-refractivity contribution in [1.29, 1.82) is 0 Å². The first kappa shape index (κ1) is 18.6. The van der Waals surface area contributed by atoms with E-state index >= 15 is 0 Å². The predicted octanol–water partition coefficient (Wildman–Crippen LogP) is 1.63. The van der Waals surface area contributed by atoms with Gasteiger partial charge in [0.25, 0.3) is 0 Å². The number of tetrazole rings is 1. The zero-order valence-corrected chi connectivity index (χ0v) is 14.9. The van der Waals surface area contributed by atoms with E-state index in [4.69, 9.17) is 11.6 Å². The summed E-state index contributed by atoms with van der Waals surface area (Å²) in [7, 11) is 1.93. The molecule has 9 heteroatoms. The molecule has 0 spiro atoms. The minimum atomic E-state index is 0. The number of hydrogen-bond acceptors (Lipinski definition) is 5. The van der Waals surface area contributed by atoms with Crippen molar-refractivity contribution in [2.45, 2.75) is 25.4 Å². The van der Waals surface area contributed by atoms with Crippen LogP contribution in [-0.2, 0) is 11.3 Å². The molecule has 130 valence electrons. The molecule has 0 aliphatic carbocycles. The van der Waals surface area contributed by atoms with Crippen LogP contribution in [-0.4, -0.2) is 57.2 Å². The Morgan fingerprint density at radius 1 is 1.38 bits per heavy atom. The number of nitrogens with one attached hydrogen (secondary N) is 1. The smallest absolute Gasteiger partial charge is 0.246 e. The fourth-order valence-corrected chi connectivity index (χ4v) is 2.81. The first-order valence-corrected chi connectivity index (χ1v) is 8.02. The highest BCUT2D eigenvalue weighted by Gasteiger charge is 2.23. The molecule has 2 aromatic rings. The minimum Gasteiger partial charge on any atom is -0.339 e. The van der Waals surface area contributed by atoms with Gasteiger partial charge in [-0.3, -0.25) is 4.79 Å². The maximum Gasteiger partial charge on any atom is 0.246 e. The summed E-state index contributed by atoms with van der Waals surface area (Å²) >= 11 is 5.87. The van der Waals surface area contributed by atoms with Crippen LogP contribution < -0.4 is 5.32 Å². The number of halogens is 2. The van der Waals surface area contributed by atoms with Crippen LogP contribution in [0.3, 0.4) is 0 Å². The number of likely N-dealkylation sites (tertiary alicyclic amines) is 1. The molecule has 1 saturated heterocycles. The van der Waals surface area contributed by atoms with Crippen molar-refractivity contribution >= 4 is 29.9 Å². The average Bonchev–Trinajstić information content (AvgIpc) is 3.04. The predicted molar refractivity (Wildman–Crippen MR) is 94.2 cm³/mol. The lowest BCUT2D eigenvalue weighted by Gasteiger charge is -2.32. The van der Waals surface area contributed by atoms with Crippen LogP contribution in [0.5, 0.6) is 0 Å². The van der Waals surface area contributed by atoms with Gasteiger partial charge in [0.2, 0.25) is 11.7 Å². The molecular weight excluding hydrogens is 351 g/mol. The van der Waals surface area contributed by atoms with E-state index in [1.165, 1.54) is 4.80 Å². The standard InChI is InChI=1S/C15H19ClN6O.ClH/c1-17-13-3-2-8-21(9-13)14(23)10-22-19-15(18-20-22)11-4-6-12(16)7-5-11;/h4-7,13,17H,2-3,8-10H2,1H3;1H. The molecule has 1 fully saturated rings. The van der Waals surface area contributed by atoms with E-state index in [2.05, 4.69) is 20.7 Å². The molecule has 1 N–H and O–H groups in total.